The lowest BCUT2D eigenvalue weighted by Gasteiger charge is -2.08. The first-order chi connectivity index (χ1) is 6.63. The van der Waals surface area contributed by atoms with E-state index in [4.69, 9.17) is 4.74 Å². The number of rotatable bonds is 2. The lowest BCUT2D eigenvalue weighted by atomic mass is 10.3. The molecule has 0 spiro atoms. The molecule has 0 fully saturated rings. The number of ether oxygens (including phenoxy) is 1. The van der Waals surface area contributed by atoms with Crippen LogP contribution in [0.1, 0.15) is 0 Å². The molecule has 0 unspecified atom stereocenters. The monoisotopic (exact) mass is 230 g/mol. The molecule has 0 aliphatic carbocycles. The molecule has 5 heteroatoms. The lowest BCUT2D eigenvalue weighted by Crippen LogP contribution is -3.00. The van der Waals surface area contributed by atoms with E-state index >= 15 is 0 Å². The van der Waals surface area contributed by atoms with Crippen molar-refractivity contribution >= 4 is 11.8 Å². The summed E-state index contributed by atoms with van der Waals surface area (Å²) in [6.07, 6.45) is -0.448. The van der Waals surface area contributed by atoms with E-state index in [0.29, 0.717) is 5.75 Å². The van der Waals surface area contributed by atoms with Gasteiger partial charge in [-0.3, -0.25) is 0 Å². The molecule has 1 aromatic rings. The minimum Gasteiger partial charge on any atom is -1.00 e. The summed E-state index contributed by atoms with van der Waals surface area (Å²) in [6.45, 7) is 0. The van der Waals surface area contributed by atoms with E-state index in [1.807, 2.05) is 32.3 Å². The molecule has 0 saturated carbocycles. The summed E-state index contributed by atoms with van der Waals surface area (Å²) in [5.74, 6) is 0.558. The number of halogens is 1. The van der Waals surface area contributed by atoms with Crippen molar-refractivity contribution < 1.29 is 26.8 Å². The fourth-order valence-corrected chi connectivity index (χ4v) is 1.03. The number of quaternary nitrogens is 1. The summed E-state index contributed by atoms with van der Waals surface area (Å²) < 4.78 is 4.99. The molecule has 0 bridgehead atoms. The molecular formula is C10H15ClN2O2. The normalized spacial score (nSPS) is 9.33. The first kappa shape index (κ1) is 13.7. The molecule has 0 radical (unpaired) electrons. The van der Waals surface area contributed by atoms with Crippen LogP contribution in [0, 0.1) is 0 Å². The van der Waals surface area contributed by atoms with E-state index in [0.717, 1.165) is 5.69 Å². The quantitative estimate of drug-likeness (QED) is 0.576. The second-order valence-electron chi connectivity index (χ2n) is 3.17. The Balaban J connectivity index is 0.00000196. The van der Waals surface area contributed by atoms with E-state index in [-0.39, 0.29) is 12.4 Å². The van der Waals surface area contributed by atoms with Gasteiger partial charge in [-0.05, 0) is 12.1 Å². The summed E-state index contributed by atoms with van der Waals surface area (Å²) in [6, 6.07) is 7.43. The maximum absolute atomic E-state index is 10.9. The number of carbonyl (C=O) groups is 1. The molecule has 1 rings (SSSR count). The molecular weight excluding hydrogens is 216 g/mol. The zero-order valence-corrected chi connectivity index (χ0v) is 9.76. The van der Waals surface area contributed by atoms with Crippen LogP contribution in [0.15, 0.2) is 24.3 Å². The third-order valence-corrected chi connectivity index (χ3v) is 1.83. The molecule has 84 valence electrons. The number of nitrogens with one attached hydrogen (secondary N) is 2. The zero-order valence-electron chi connectivity index (χ0n) is 9.00. The Morgan fingerprint density at radius 3 is 2.60 bits per heavy atom. The minimum absolute atomic E-state index is 0. The second-order valence-corrected chi connectivity index (χ2v) is 3.17. The molecule has 15 heavy (non-hydrogen) atoms. The average Bonchev–Trinajstić information content (AvgIpc) is 2.18. The molecule has 0 aromatic heterocycles. The Kier molecular flexibility index (Phi) is 5.74. The molecule has 2 N–H and O–H groups in total. The van der Waals surface area contributed by atoms with Crippen molar-refractivity contribution in [1.82, 2.24) is 5.32 Å². The van der Waals surface area contributed by atoms with Crippen LogP contribution < -0.4 is 27.4 Å². The van der Waals surface area contributed by atoms with E-state index in [9.17, 15) is 4.79 Å². The predicted octanol–water partition coefficient (Wildman–Crippen LogP) is -2.82. The van der Waals surface area contributed by atoms with Gasteiger partial charge in [-0.1, -0.05) is 6.07 Å². The summed E-state index contributed by atoms with van der Waals surface area (Å²) in [5, 5.41) is 2.39. The topological polar surface area (TPSA) is 42.8 Å². The fourth-order valence-electron chi connectivity index (χ4n) is 1.03. The Morgan fingerprint density at radius 2 is 2.07 bits per heavy atom. The third kappa shape index (κ3) is 4.18. The van der Waals surface area contributed by atoms with E-state index in [2.05, 4.69) is 5.32 Å². The van der Waals surface area contributed by atoms with Gasteiger partial charge in [0.05, 0.1) is 14.1 Å². The van der Waals surface area contributed by atoms with Crippen LogP contribution in [0.25, 0.3) is 0 Å². The van der Waals surface area contributed by atoms with Gasteiger partial charge in [0, 0.05) is 13.1 Å². The van der Waals surface area contributed by atoms with Gasteiger partial charge < -0.3 is 27.4 Å². The largest absolute Gasteiger partial charge is 1.00 e. The first-order valence-corrected chi connectivity index (χ1v) is 4.43. The predicted molar refractivity (Wildman–Crippen MR) is 54.0 cm³/mol. The van der Waals surface area contributed by atoms with Crippen LogP contribution in [0.2, 0.25) is 0 Å². The molecule has 4 nitrogen and oxygen atoms in total. The summed E-state index contributed by atoms with van der Waals surface area (Å²) >= 11 is 0. The van der Waals surface area contributed by atoms with Gasteiger partial charge in [-0.2, -0.15) is 0 Å². The smallest absolute Gasteiger partial charge is 0.412 e. The highest BCUT2D eigenvalue weighted by Crippen LogP contribution is 2.13. The standard InChI is InChI=1S/C10H14N2O2.ClH/c1-11-10(13)14-9-6-4-5-8(7-9)12(2)3;/h4-7H,1-3H3,(H,11,13);1H. The van der Waals surface area contributed by atoms with Crippen LogP contribution in [-0.4, -0.2) is 27.2 Å². The highest BCUT2D eigenvalue weighted by atomic mass is 35.5. The van der Waals surface area contributed by atoms with Gasteiger partial charge in [0.15, 0.2) is 0 Å². The third-order valence-electron chi connectivity index (χ3n) is 1.83. The Labute approximate surface area is 95.6 Å². The van der Waals surface area contributed by atoms with Crippen LogP contribution in [0.3, 0.4) is 0 Å². The highest BCUT2D eigenvalue weighted by molar-refractivity contribution is 5.70. The Bertz CT molecular complexity index is 329. The van der Waals surface area contributed by atoms with Crippen LogP contribution in [0.5, 0.6) is 5.75 Å². The number of amides is 1. The number of carbonyl (C=O) groups excluding carboxylic acids is 1. The van der Waals surface area contributed by atoms with E-state index in [1.54, 1.807) is 6.07 Å². The fraction of sp³-hybridized carbons (Fsp3) is 0.300. The maximum atomic E-state index is 10.9. The van der Waals surface area contributed by atoms with Crippen molar-refractivity contribution in [3.8, 4) is 5.75 Å². The minimum atomic E-state index is -0.448. The van der Waals surface area contributed by atoms with Crippen molar-refractivity contribution in [2.75, 3.05) is 21.1 Å². The van der Waals surface area contributed by atoms with Crippen molar-refractivity contribution in [1.29, 1.82) is 0 Å². The van der Waals surface area contributed by atoms with Gasteiger partial charge in [-0.15, -0.1) is 0 Å². The van der Waals surface area contributed by atoms with E-state index < -0.39 is 6.09 Å². The molecule has 1 amide bonds. The highest BCUT2D eigenvalue weighted by Gasteiger charge is 2.05. The summed E-state index contributed by atoms with van der Waals surface area (Å²) in [4.78, 5) is 12.1. The number of hydrogen-bond donors (Lipinski definition) is 2. The van der Waals surface area contributed by atoms with Crippen LogP contribution in [-0.2, 0) is 0 Å². The molecule has 0 heterocycles. The Hall–Kier alpha value is -1.26. The molecule has 1 aromatic carbocycles. The average molecular weight is 231 g/mol. The van der Waals surface area contributed by atoms with Gasteiger partial charge in [-0.25, -0.2) is 4.79 Å². The summed E-state index contributed by atoms with van der Waals surface area (Å²) in [7, 11) is 5.56. The zero-order chi connectivity index (χ0) is 10.6. The summed E-state index contributed by atoms with van der Waals surface area (Å²) in [5.41, 5.74) is 1.08. The van der Waals surface area contributed by atoms with E-state index in [1.165, 1.54) is 11.9 Å². The van der Waals surface area contributed by atoms with Gasteiger partial charge in [0.2, 0.25) is 0 Å². The van der Waals surface area contributed by atoms with Crippen LogP contribution in [0.4, 0.5) is 10.5 Å². The van der Waals surface area contributed by atoms with Crippen LogP contribution >= 0.6 is 0 Å². The number of benzene rings is 1. The molecule has 0 atom stereocenters. The molecule has 0 aliphatic rings. The van der Waals surface area contributed by atoms with Crippen molar-refractivity contribution in [2.24, 2.45) is 0 Å². The molecule has 0 aliphatic heterocycles. The van der Waals surface area contributed by atoms with Gasteiger partial charge in [0.1, 0.15) is 11.4 Å². The van der Waals surface area contributed by atoms with Crippen molar-refractivity contribution in [3.05, 3.63) is 24.3 Å². The van der Waals surface area contributed by atoms with Gasteiger partial charge in [0.25, 0.3) is 0 Å². The second kappa shape index (κ2) is 6.27. The van der Waals surface area contributed by atoms with Crippen molar-refractivity contribution in [2.45, 2.75) is 0 Å². The Morgan fingerprint density at radius 1 is 1.40 bits per heavy atom. The maximum Gasteiger partial charge on any atom is 0.412 e. The SMILES string of the molecule is CNC(=O)Oc1cccc([NH+](C)C)c1.[Cl-]. The lowest BCUT2D eigenvalue weighted by molar-refractivity contribution is -0.786. The van der Waals surface area contributed by atoms with Crippen molar-refractivity contribution in [3.63, 3.8) is 0 Å². The van der Waals surface area contributed by atoms with Gasteiger partial charge >= 0.3 is 6.09 Å². The molecule has 0 saturated heterocycles. The first-order valence-electron chi connectivity index (χ1n) is 4.43. The number of hydrogen-bond acceptors (Lipinski definition) is 2.